The largest absolute Gasteiger partial charge is 0.477 e. The molecular weight excluding hydrogens is 364 g/mol. The van der Waals surface area contributed by atoms with Crippen molar-refractivity contribution < 1.29 is 9.47 Å². The number of anilines is 3. The van der Waals surface area contributed by atoms with Gasteiger partial charge >= 0.3 is 0 Å². The molecule has 0 bridgehead atoms. The predicted octanol–water partition coefficient (Wildman–Crippen LogP) is 4.65. The van der Waals surface area contributed by atoms with E-state index in [4.69, 9.17) is 9.47 Å². The van der Waals surface area contributed by atoms with Gasteiger partial charge in [0, 0.05) is 36.7 Å². The van der Waals surface area contributed by atoms with E-state index in [0.717, 1.165) is 44.5 Å². The van der Waals surface area contributed by atoms with Crippen LogP contribution in [0.25, 0.3) is 0 Å². The summed E-state index contributed by atoms with van der Waals surface area (Å²) < 4.78 is 11.4. The van der Waals surface area contributed by atoms with Gasteiger partial charge in [0.15, 0.2) is 0 Å². The van der Waals surface area contributed by atoms with E-state index in [1.54, 1.807) is 6.20 Å². The average molecular weight is 397 g/mol. The maximum absolute atomic E-state index is 6.01. The van der Waals surface area contributed by atoms with Gasteiger partial charge in [0.25, 0.3) is 0 Å². The maximum Gasteiger partial charge on any atom is 0.230 e. The van der Waals surface area contributed by atoms with Gasteiger partial charge in [-0.15, -0.1) is 0 Å². The smallest absolute Gasteiger partial charge is 0.230 e. The van der Waals surface area contributed by atoms with E-state index in [2.05, 4.69) is 51.4 Å². The van der Waals surface area contributed by atoms with E-state index in [1.807, 2.05) is 6.07 Å². The molecule has 1 saturated heterocycles. The third-order valence-corrected chi connectivity index (χ3v) is 6.07. The Morgan fingerprint density at radius 2 is 1.90 bits per heavy atom. The van der Waals surface area contributed by atoms with Gasteiger partial charge in [-0.2, -0.15) is 4.98 Å². The van der Waals surface area contributed by atoms with Crippen LogP contribution in [0.4, 0.5) is 17.3 Å². The SMILES string of the molecule is CCC1CCCC(COc2ccnc(Nc3ccc(N4CCOCC4)cc3)n2)C1. The molecule has 6 heteroatoms. The van der Waals surface area contributed by atoms with Crippen LogP contribution >= 0.6 is 0 Å². The minimum Gasteiger partial charge on any atom is -0.477 e. The van der Waals surface area contributed by atoms with Gasteiger partial charge in [-0.05, 0) is 48.9 Å². The Hall–Kier alpha value is -2.34. The van der Waals surface area contributed by atoms with Crippen LogP contribution in [0.3, 0.4) is 0 Å². The quantitative estimate of drug-likeness (QED) is 0.735. The van der Waals surface area contributed by atoms with Crippen molar-refractivity contribution in [1.29, 1.82) is 0 Å². The zero-order valence-electron chi connectivity index (χ0n) is 17.3. The number of morpholine rings is 1. The lowest BCUT2D eigenvalue weighted by Gasteiger charge is -2.28. The van der Waals surface area contributed by atoms with Gasteiger partial charge in [0.05, 0.1) is 19.8 Å². The first kappa shape index (κ1) is 20.0. The van der Waals surface area contributed by atoms with E-state index in [9.17, 15) is 0 Å². The zero-order valence-corrected chi connectivity index (χ0v) is 17.3. The van der Waals surface area contributed by atoms with Gasteiger partial charge in [-0.3, -0.25) is 0 Å². The summed E-state index contributed by atoms with van der Waals surface area (Å²) in [5.41, 5.74) is 2.19. The highest BCUT2D eigenvalue weighted by Crippen LogP contribution is 2.31. The Bertz CT molecular complexity index is 762. The first-order valence-electron chi connectivity index (χ1n) is 11.0. The minimum absolute atomic E-state index is 0.566. The molecule has 2 fully saturated rings. The number of ether oxygens (including phenoxy) is 2. The molecule has 2 atom stereocenters. The van der Waals surface area contributed by atoms with E-state index in [0.29, 0.717) is 17.7 Å². The molecule has 1 aromatic heterocycles. The van der Waals surface area contributed by atoms with Crippen LogP contribution in [0, 0.1) is 11.8 Å². The highest BCUT2D eigenvalue weighted by atomic mass is 16.5. The molecule has 156 valence electrons. The van der Waals surface area contributed by atoms with Gasteiger partial charge < -0.3 is 19.7 Å². The third-order valence-electron chi connectivity index (χ3n) is 6.07. The molecule has 1 aliphatic carbocycles. The van der Waals surface area contributed by atoms with E-state index < -0.39 is 0 Å². The molecule has 0 radical (unpaired) electrons. The fraction of sp³-hybridized carbons (Fsp3) is 0.565. The summed E-state index contributed by atoms with van der Waals surface area (Å²) in [6.07, 6.45) is 8.28. The molecule has 2 heterocycles. The maximum atomic E-state index is 6.01. The van der Waals surface area contributed by atoms with Gasteiger partial charge in [0.2, 0.25) is 11.8 Å². The molecule has 6 nitrogen and oxygen atoms in total. The molecule has 0 amide bonds. The lowest BCUT2D eigenvalue weighted by Crippen LogP contribution is -2.36. The summed E-state index contributed by atoms with van der Waals surface area (Å²) in [4.78, 5) is 11.2. The number of hydrogen-bond donors (Lipinski definition) is 1. The normalized spacial score (nSPS) is 22.3. The van der Waals surface area contributed by atoms with Crippen LogP contribution in [0.5, 0.6) is 5.88 Å². The third kappa shape index (κ3) is 5.60. The number of rotatable bonds is 7. The van der Waals surface area contributed by atoms with Crippen molar-refractivity contribution in [1.82, 2.24) is 9.97 Å². The van der Waals surface area contributed by atoms with Crippen LogP contribution in [0.1, 0.15) is 39.0 Å². The first-order chi connectivity index (χ1) is 14.3. The zero-order chi connectivity index (χ0) is 19.9. The van der Waals surface area contributed by atoms with Crippen molar-refractivity contribution in [3.63, 3.8) is 0 Å². The second-order valence-electron chi connectivity index (χ2n) is 8.11. The van der Waals surface area contributed by atoms with Crippen molar-refractivity contribution in [3.8, 4) is 5.88 Å². The number of nitrogens with zero attached hydrogens (tertiary/aromatic N) is 3. The standard InChI is InChI=1S/C23H32N4O2/c1-2-18-4-3-5-19(16-18)17-29-22-10-11-24-23(26-22)25-20-6-8-21(9-7-20)27-12-14-28-15-13-27/h6-11,18-19H,2-5,12-17H2,1H3,(H,24,25,26). The monoisotopic (exact) mass is 396 g/mol. The lowest BCUT2D eigenvalue weighted by molar-refractivity contribution is 0.122. The Labute approximate surface area is 173 Å². The Kier molecular flexibility index (Phi) is 6.83. The molecule has 0 spiro atoms. The van der Waals surface area contributed by atoms with Gasteiger partial charge in [0.1, 0.15) is 0 Å². The molecule has 2 aliphatic rings. The van der Waals surface area contributed by atoms with Crippen molar-refractivity contribution in [2.45, 2.75) is 39.0 Å². The van der Waals surface area contributed by atoms with Crippen LogP contribution in [-0.4, -0.2) is 42.9 Å². The van der Waals surface area contributed by atoms with E-state index in [-0.39, 0.29) is 0 Å². The molecule has 1 aromatic carbocycles. The van der Waals surface area contributed by atoms with E-state index in [1.165, 1.54) is 37.8 Å². The fourth-order valence-electron chi connectivity index (χ4n) is 4.32. The first-order valence-corrected chi connectivity index (χ1v) is 11.0. The molecule has 1 aliphatic heterocycles. The summed E-state index contributed by atoms with van der Waals surface area (Å²) in [5.74, 6) is 2.72. The fourth-order valence-corrected chi connectivity index (χ4v) is 4.32. The van der Waals surface area contributed by atoms with Crippen molar-refractivity contribution >= 4 is 17.3 Å². The molecular formula is C23H32N4O2. The highest BCUT2D eigenvalue weighted by molar-refractivity contribution is 5.59. The predicted molar refractivity (Wildman–Crippen MR) is 116 cm³/mol. The summed E-state index contributed by atoms with van der Waals surface area (Å²) >= 11 is 0. The number of benzene rings is 1. The molecule has 2 aromatic rings. The average Bonchev–Trinajstić information content (AvgIpc) is 2.79. The molecule has 1 saturated carbocycles. The van der Waals surface area contributed by atoms with Gasteiger partial charge in [-0.25, -0.2) is 4.98 Å². The van der Waals surface area contributed by atoms with Crippen LogP contribution in [-0.2, 0) is 4.74 Å². The van der Waals surface area contributed by atoms with Crippen LogP contribution in [0.15, 0.2) is 36.5 Å². The van der Waals surface area contributed by atoms with Crippen molar-refractivity contribution in [2.75, 3.05) is 43.1 Å². The summed E-state index contributed by atoms with van der Waals surface area (Å²) in [6.45, 7) is 6.51. The number of hydrogen-bond acceptors (Lipinski definition) is 6. The van der Waals surface area contributed by atoms with Crippen LogP contribution in [0.2, 0.25) is 0 Å². The Morgan fingerprint density at radius 1 is 1.10 bits per heavy atom. The Morgan fingerprint density at radius 3 is 2.69 bits per heavy atom. The number of nitrogens with one attached hydrogen (secondary N) is 1. The summed E-state index contributed by atoms with van der Waals surface area (Å²) in [5, 5.41) is 3.28. The second kappa shape index (κ2) is 9.92. The lowest BCUT2D eigenvalue weighted by atomic mass is 9.80. The van der Waals surface area contributed by atoms with E-state index >= 15 is 0 Å². The molecule has 1 N–H and O–H groups in total. The van der Waals surface area contributed by atoms with Crippen LogP contribution < -0.4 is 15.0 Å². The van der Waals surface area contributed by atoms with Gasteiger partial charge in [-0.1, -0.05) is 26.2 Å². The highest BCUT2D eigenvalue weighted by Gasteiger charge is 2.21. The second-order valence-corrected chi connectivity index (χ2v) is 8.11. The summed E-state index contributed by atoms with van der Waals surface area (Å²) in [7, 11) is 0. The summed E-state index contributed by atoms with van der Waals surface area (Å²) in [6, 6.07) is 10.2. The topological polar surface area (TPSA) is 59.5 Å². The van der Waals surface area contributed by atoms with Crippen molar-refractivity contribution in [2.24, 2.45) is 11.8 Å². The number of aromatic nitrogens is 2. The molecule has 4 rings (SSSR count). The molecule has 2 unspecified atom stereocenters. The molecule has 29 heavy (non-hydrogen) atoms. The minimum atomic E-state index is 0.566. The Balaban J connectivity index is 1.31. The van der Waals surface area contributed by atoms with Crippen molar-refractivity contribution in [3.05, 3.63) is 36.5 Å².